The smallest absolute Gasteiger partial charge is 0.00323 e. The maximum absolute atomic E-state index is 3.60. The minimum absolute atomic E-state index is 0.512. The van der Waals surface area contributed by atoms with E-state index in [1.54, 1.807) is 16.7 Å². The van der Waals surface area contributed by atoms with Crippen LogP contribution >= 0.6 is 0 Å². The lowest BCUT2D eigenvalue weighted by Crippen LogP contribution is -2.30. The largest absolute Gasteiger partial charge is 0.316 e. The molecule has 0 saturated carbocycles. The molecule has 0 spiro atoms. The zero-order valence-corrected chi connectivity index (χ0v) is 11.1. The van der Waals surface area contributed by atoms with Crippen molar-refractivity contribution in [2.45, 2.75) is 45.4 Å². The number of rotatable bonds is 2. The van der Waals surface area contributed by atoms with Gasteiger partial charge in [0.2, 0.25) is 0 Å². The first-order chi connectivity index (χ1) is 8.24. The molecule has 1 heteroatoms. The van der Waals surface area contributed by atoms with E-state index < -0.39 is 0 Å². The number of hydrogen-bond acceptors (Lipinski definition) is 1. The molecule has 1 aliphatic heterocycles. The van der Waals surface area contributed by atoms with E-state index in [1.165, 1.54) is 38.8 Å². The molecule has 1 N–H and O–H groups in total. The first kappa shape index (κ1) is 11.3. The number of hydrogen-bond donors (Lipinski definition) is 1. The van der Waals surface area contributed by atoms with Gasteiger partial charge in [0.05, 0.1) is 0 Å². The van der Waals surface area contributed by atoms with Crippen LogP contribution in [-0.2, 0) is 12.8 Å². The van der Waals surface area contributed by atoms with Gasteiger partial charge in [-0.2, -0.15) is 0 Å². The lowest BCUT2D eigenvalue weighted by atomic mass is 9.66. The number of benzene rings is 1. The van der Waals surface area contributed by atoms with Crippen LogP contribution in [0, 0.1) is 5.41 Å². The van der Waals surface area contributed by atoms with Gasteiger partial charge in [-0.15, -0.1) is 0 Å². The molecule has 1 fully saturated rings. The molecular formula is C16H23N. The molecule has 17 heavy (non-hydrogen) atoms. The summed E-state index contributed by atoms with van der Waals surface area (Å²) >= 11 is 0. The van der Waals surface area contributed by atoms with E-state index in [0.717, 1.165) is 5.92 Å². The molecule has 1 heterocycles. The van der Waals surface area contributed by atoms with Gasteiger partial charge in [-0.25, -0.2) is 0 Å². The van der Waals surface area contributed by atoms with Crippen LogP contribution in [0.2, 0.25) is 0 Å². The van der Waals surface area contributed by atoms with Gasteiger partial charge >= 0.3 is 0 Å². The van der Waals surface area contributed by atoms with Crippen molar-refractivity contribution in [1.29, 1.82) is 0 Å². The zero-order chi connectivity index (χ0) is 11.9. The second kappa shape index (κ2) is 4.13. The molecule has 1 aromatic carbocycles. The Morgan fingerprint density at radius 2 is 2.29 bits per heavy atom. The Kier molecular flexibility index (Phi) is 2.74. The molecule has 92 valence electrons. The molecule has 2 aliphatic rings. The molecule has 0 radical (unpaired) electrons. The average molecular weight is 229 g/mol. The molecule has 1 aromatic rings. The fourth-order valence-electron chi connectivity index (χ4n) is 3.82. The SMILES string of the molecule is CCCc1cccc2c1CC[C@@]1(C)CNC[C@@H]21. The van der Waals surface area contributed by atoms with Crippen LogP contribution in [0.1, 0.15) is 49.3 Å². The summed E-state index contributed by atoms with van der Waals surface area (Å²) < 4.78 is 0. The maximum atomic E-state index is 3.60. The van der Waals surface area contributed by atoms with Crippen molar-refractivity contribution in [3.05, 3.63) is 34.9 Å². The molecule has 0 aromatic heterocycles. The third-order valence-corrected chi connectivity index (χ3v) is 4.87. The van der Waals surface area contributed by atoms with Crippen LogP contribution < -0.4 is 5.32 Å². The molecule has 0 unspecified atom stereocenters. The Morgan fingerprint density at radius 3 is 3.12 bits per heavy atom. The Balaban J connectivity index is 2.04. The number of aryl methyl sites for hydroxylation is 1. The van der Waals surface area contributed by atoms with Crippen molar-refractivity contribution in [2.75, 3.05) is 13.1 Å². The van der Waals surface area contributed by atoms with Crippen LogP contribution in [0.5, 0.6) is 0 Å². The molecule has 1 nitrogen and oxygen atoms in total. The molecule has 0 bridgehead atoms. The zero-order valence-electron chi connectivity index (χ0n) is 11.1. The standard InChI is InChI=1S/C16H23N/c1-3-5-12-6-4-7-14-13(12)8-9-16(2)11-17-10-15(14)16/h4,6-7,15,17H,3,5,8-11H2,1-2H3/t15-,16-/m0/s1. The Morgan fingerprint density at radius 1 is 1.41 bits per heavy atom. The van der Waals surface area contributed by atoms with Crippen molar-refractivity contribution in [1.82, 2.24) is 5.32 Å². The van der Waals surface area contributed by atoms with Gasteiger partial charge in [0, 0.05) is 19.0 Å². The molecule has 2 atom stereocenters. The summed E-state index contributed by atoms with van der Waals surface area (Å²) in [7, 11) is 0. The van der Waals surface area contributed by atoms with Crippen LogP contribution in [0.15, 0.2) is 18.2 Å². The lowest BCUT2D eigenvalue weighted by Gasteiger charge is -2.37. The van der Waals surface area contributed by atoms with E-state index in [1.807, 2.05) is 0 Å². The van der Waals surface area contributed by atoms with E-state index in [2.05, 4.69) is 37.4 Å². The Hall–Kier alpha value is -0.820. The van der Waals surface area contributed by atoms with Gasteiger partial charge in [0.15, 0.2) is 0 Å². The summed E-state index contributed by atoms with van der Waals surface area (Å²) in [4.78, 5) is 0. The van der Waals surface area contributed by atoms with Gasteiger partial charge < -0.3 is 5.32 Å². The van der Waals surface area contributed by atoms with E-state index in [9.17, 15) is 0 Å². The maximum Gasteiger partial charge on any atom is 0.00323 e. The number of fused-ring (bicyclic) bond motifs is 3. The van der Waals surface area contributed by atoms with Crippen LogP contribution in [-0.4, -0.2) is 13.1 Å². The van der Waals surface area contributed by atoms with Gasteiger partial charge in [-0.3, -0.25) is 0 Å². The summed E-state index contributed by atoms with van der Waals surface area (Å²) in [5.41, 5.74) is 5.45. The summed E-state index contributed by atoms with van der Waals surface area (Å²) in [5, 5.41) is 3.60. The second-order valence-corrected chi connectivity index (χ2v) is 6.07. The van der Waals surface area contributed by atoms with E-state index >= 15 is 0 Å². The van der Waals surface area contributed by atoms with E-state index in [4.69, 9.17) is 0 Å². The third-order valence-electron chi connectivity index (χ3n) is 4.87. The highest BCUT2D eigenvalue weighted by molar-refractivity contribution is 5.42. The molecule has 3 rings (SSSR count). The van der Waals surface area contributed by atoms with Gasteiger partial charge in [0.25, 0.3) is 0 Å². The van der Waals surface area contributed by atoms with Crippen LogP contribution in [0.4, 0.5) is 0 Å². The first-order valence-corrected chi connectivity index (χ1v) is 7.06. The third kappa shape index (κ3) is 1.72. The van der Waals surface area contributed by atoms with Crippen molar-refractivity contribution in [3.8, 4) is 0 Å². The average Bonchev–Trinajstić information content (AvgIpc) is 2.72. The molecule has 0 amide bonds. The minimum Gasteiger partial charge on any atom is -0.316 e. The van der Waals surface area contributed by atoms with Crippen LogP contribution in [0.25, 0.3) is 0 Å². The highest BCUT2D eigenvalue weighted by Crippen LogP contribution is 2.48. The highest BCUT2D eigenvalue weighted by Gasteiger charge is 2.43. The summed E-state index contributed by atoms with van der Waals surface area (Å²) in [6, 6.07) is 6.99. The van der Waals surface area contributed by atoms with Gasteiger partial charge in [-0.05, 0) is 41.4 Å². The quantitative estimate of drug-likeness (QED) is 0.820. The van der Waals surface area contributed by atoms with Crippen LogP contribution in [0.3, 0.4) is 0 Å². The van der Waals surface area contributed by atoms with E-state index in [0.29, 0.717) is 5.41 Å². The monoisotopic (exact) mass is 229 g/mol. The van der Waals surface area contributed by atoms with Gasteiger partial charge in [-0.1, -0.05) is 38.5 Å². The predicted octanol–water partition coefficient (Wildman–Crippen LogP) is 3.28. The van der Waals surface area contributed by atoms with Gasteiger partial charge in [0.1, 0.15) is 0 Å². The topological polar surface area (TPSA) is 12.0 Å². The van der Waals surface area contributed by atoms with Crippen molar-refractivity contribution in [3.63, 3.8) is 0 Å². The normalized spacial score (nSPS) is 31.1. The van der Waals surface area contributed by atoms with Crippen molar-refractivity contribution >= 4 is 0 Å². The summed E-state index contributed by atoms with van der Waals surface area (Å²) in [5.74, 6) is 0.753. The summed E-state index contributed by atoms with van der Waals surface area (Å²) in [6.45, 7) is 7.13. The molecule has 1 saturated heterocycles. The number of nitrogens with one attached hydrogen (secondary N) is 1. The fourth-order valence-corrected chi connectivity index (χ4v) is 3.82. The Labute approximate surface area is 105 Å². The first-order valence-electron chi connectivity index (χ1n) is 7.06. The molecule has 1 aliphatic carbocycles. The predicted molar refractivity (Wildman–Crippen MR) is 72.5 cm³/mol. The fraction of sp³-hybridized carbons (Fsp3) is 0.625. The summed E-state index contributed by atoms with van der Waals surface area (Å²) in [6.07, 6.45) is 5.16. The van der Waals surface area contributed by atoms with Crippen molar-refractivity contribution < 1.29 is 0 Å². The Bertz CT molecular complexity index is 424. The van der Waals surface area contributed by atoms with E-state index in [-0.39, 0.29) is 0 Å². The second-order valence-electron chi connectivity index (χ2n) is 6.07. The minimum atomic E-state index is 0.512. The highest BCUT2D eigenvalue weighted by atomic mass is 14.9. The van der Waals surface area contributed by atoms with Crippen molar-refractivity contribution in [2.24, 2.45) is 5.41 Å². The lowest BCUT2D eigenvalue weighted by molar-refractivity contribution is 0.277. The molecular weight excluding hydrogens is 206 g/mol.